The lowest BCUT2D eigenvalue weighted by Crippen LogP contribution is -2.51. The largest absolute Gasteiger partial charge is 0.368 e. The summed E-state index contributed by atoms with van der Waals surface area (Å²) in [6.07, 6.45) is 5.21. The topological polar surface area (TPSA) is 61.5 Å². The van der Waals surface area contributed by atoms with E-state index in [9.17, 15) is 4.79 Å². The molecule has 0 unspecified atom stereocenters. The van der Waals surface area contributed by atoms with E-state index in [1.165, 1.54) is 0 Å². The first kappa shape index (κ1) is 12.6. The molecule has 0 saturated carbocycles. The number of nitrogens with one attached hydrogen (secondary N) is 1. The summed E-state index contributed by atoms with van der Waals surface area (Å²) in [4.78, 5) is 24.0. The number of hydrogen-bond acceptors (Lipinski definition) is 4. The molecule has 1 amide bonds. The van der Waals surface area contributed by atoms with Crippen molar-refractivity contribution in [3.63, 3.8) is 0 Å². The number of aromatic amines is 1. The van der Waals surface area contributed by atoms with Gasteiger partial charge in [0.2, 0.25) is 0 Å². The van der Waals surface area contributed by atoms with Gasteiger partial charge < -0.3 is 14.6 Å². The Kier molecular flexibility index (Phi) is 3.52. The summed E-state index contributed by atoms with van der Waals surface area (Å²) in [5.74, 6) is 1.06. The van der Waals surface area contributed by atoms with Crippen LogP contribution in [0.3, 0.4) is 0 Å². The number of carbonyl (C=O) groups is 1. The van der Waals surface area contributed by atoms with E-state index in [4.69, 9.17) is 4.74 Å². The van der Waals surface area contributed by atoms with Crippen molar-refractivity contribution in [2.24, 2.45) is 0 Å². The average Bonchev–Trinajstić information content (AvgIpc) is 3.12. The highest BCUT2D eigenvalue weighted by Crippen LogP contribution is 2.23. The smallest absolute Gasteiger partial charge is 0.251 e. The van der Waals surface area contributed by atoms with Crippen LogP contribution in [0.4, 0.5) is 0 Å². The van der Waals surface area contributed by atoms with Crippen LogP contribution >= 0.6 is 0 Å². The molecule has 104 valence electrons. The van der Waals surface area contributed by atoms with Gasteiger partial charge in [-0.1, -0.05) is 0 Å². The number of rotatable bonds is 2. The summed E-state index contributed by atoms with van der Waals surface area (Å²) in [5.41, 5.74) is 0. The van der Waals surface area contributed by atoms with Crippen molar-refractivity contribution in [1.29, 1.82) is 0 Å². The highest BCUT2D eigenvalue weighted by Gasteiger charge is 2.34. The number of likely N-dealkylation sites (N-methyl/N-ethyl adjacent to an activating group) is 1. The van der Waals surface area contributed by atoms with Crippen LogP contribution < -0.4 is 0 Å². The van der Waals surface area contributed by atoms with Crippen LogP contribution in [0.15, 0.2) is 12.4 Å². The van der Waals surface area contributed by atoms with Crippen molar-refractivity contribution in [3.8, 4) is 0 Å². The van der Waals surface area contributed by atoms with Crippen LogP contribution in [-0.4, -0.2) is 65.1 Å². The zero-order valence-corrected chi connectivity index (χ0v) is 11.2. The lowest BCUT2D eigenvalue weighted by Gasteiger charge is -2.39. The van der Waals surface area contributed by atoms with E-state index >= 15 is 0 Å². The fraction of sp³-hybridized carbons (Fsp3) is 0.692. The van der Waals surface area contributed by atoms with Crippen molar-refractivity contribution in [3.05, 3.63) is 18.2 Å². The Balaban J connectivity index is 1.69. The second-order valence-corrected chi connectivity index (χ2v) is 5.26. The second-order valence-electron chi connectivity index (χ2n) is 5.26. The normalized spacial score (nSPS) is 28.8. The molecule has 0 radical (unpaired) electrons. The molecule has 1 aromatic heterocycles. The Hall–Kier alpha value is -1.40. The molecular weight excluding hydrogens is 244 g/mol. The summed E-state index contributed by atoms with van der Waals surface area (Å²) >= 11 is 0. The highest BCUT2D eigenvalue weighted by atomic mass is 16.5. The molecule has 19 heavy (non-hydrogen) atoms. The summed E-state index contributed by atoms with van der Waals surface area (Å²) in [6, 6.07) is 0.147. The number of nitrogens with zero attached hydrogens (tertiary/aromatic N) is 3. The predicted molar refractivity (Wildman–Crippen MR) is 69.5 cm³/mol. The minimum atomic E-state index is -0.222. The highest BCUT2D eigenvalue weighted by molar-refractivity contribution is 5.81. The molecular formula is C13H20N4O2. The molecule has 0 aromatic carbocycles. The number of ether oxygens (including phenoxy) is 1. The number of hydrogen-bond donors (Lipinski definition) is 1. The Morgan fingerprint density at radius 2 is 2.42 bits per heavy atom. The summed E-state index contributed by atoms with van der Waals surface area (Å²) < 4.78 is 5.49. The molecule has 3 heterocycles. The molecule has 0 aliphatic carbocycles. The zero-order chi connectivity index (χ0) is 13.2. The van der Waals surface area contributed by atoms with Gasteiger partial charge in [0.15, 0.2) is 0 Å². The fourth-order valence-corrected chi connectivity index (χ4v) is 2.80. The first-order valence-electron chi connectivity index (χ1n) is 6.85. The van der Waals surface area contributed by atoms with Crippen molar-refractivity contribution >= 4 is 5.91 Å². The Morgan fingerprint density at radius 3 is 3.11 bits per heavy atom. The van der Waals surface area contributed by atoms with E-state index in [1.807, 2.05) is 11.1 Å². The molecule has 2 aliphatic heterocycles. The second kappa shape index (κ2) is 5.30. The molecule has 0 spiro atoms. The number of piperazine rings is 1. The summed E-state index contributed by atoms with van der Waals surface area (Å²) in [7, 11) is 2.07. The van der Waals surface area contributed by atoms with E-state index in [-0.39, 0.29) is 18.1 Å². The number of amides is 1. The first-order valence-corrected chi connectivity index (χ1v) is 6.85. The lowest BCUT2D eigenvalue weighted by molar-refractivity contribution is -0.143. The third kappa shape index (κ3) is 2.50. The summed E-state index contributed by atoms with van der Waals surface area (Å²) in [6.45, 7) is 3.03. The van der Waals surface area contributed by atoms with Gasteiger partial charge in [0.1, 0.15) is 11.9 Å². The number of aromatic nitrogens is 2. The van der Waals surface area contributed by atoms with Crippen molar-refractivity contribution < 1.29 is 9.53 Å². The van der Waals surface area contributed by atoms with Gasteiger partial charge in [0.25, 0.3) is 5.91 Å². The fourth-order valence-electron chi connectivity index (χ4n) is 2.80. The molecule has 2 saturated heterocycles. The number of imidazole rings is 1. The lowest BCUT2D eigenvalue weighted by atomic mass is 10.1. The monoisotopic (exact) mass is 264 g/mol. The third-order valence-corrected chi connectivity index (χ3v) is 4.00. The molecule has 2 aliphatic rings. The van der Waals surface area contributed by atoms with Crippen LogP contribution in [0, 0.1) is 0 Å². The Bertz CT molecular complexity index is 428. The minimum Gasteiger partial charge on any atom is -0.368 e. The van der Waals surface area contributed by atoms with Crippen molar-refractivity contribution in [1.82, 2.24) is 19.8 Å². The Morgan fingerprint density at radius 1 is 1.53 bits per heavy atom. The molecule has 2 atom stereocenters. The van der Waals surface area contributed by atoms with E-state index < -0.39 is 0 Å². The van der Waals surface area contributed by atoms with Gasteiger partial charge in [-0.15, -0.1) is 0 Å². The van der Waals surface area contributed by atoms with Crippen molar-refractivity contribution in [2.75, 3.05) is 33.3 Å². The Labute approximate surface area is 112 Å². The van der Waals surface area contributed by atoms with Crippen LogP contribution in [-0.2, 0) is 9.53 Å². The SMILES string of the molecule is CN1CCN(C(=O)[C@H]2CCCO2)C[C@@H]1c1ncc[nH]1. The molecule has 1 aromatic rings. The quantitative estimate of drug-likeness (QED) is 0.840. The van der Waals surface area contributed by atoms with Gasteiger partial charge in [0, 0.05) is 38.6 Å². The van der Waals surface area contributed by atoms with Gasteiger partial charge in [-0.3, -0.25) is 9.69 Å². The van der Waals surface area contributed by atoms with Crippen LogP contribution in [0.5, 0.6) is 0 Å². The van der Waals surface area contributed by atoms with E-state index in [0.29, 0.717) is 13.2 Å². The third-order valence-electron chi connectivity index (χ3n) is 4.00. The van der Waals surface area contributed by atoms with Gasteiger partial charge in [0.05, 0.1) is 6.04 Å². The van der Waals surface area contributed by atoms with Gasteiger partial charge in [-0.2, -0.15) is 0 Å². The first-order chi connectivity index (χ1) is 9.25. The van der Waals surface area contributed by atoms with Gasteiger partial charge in [-0.25, -0.2) is 4.98 Å². The average molecular weight is 264 g/mol. The molecule has 2 fully saturated rings. The standard InChI is InChI=1S/C13H20N4O2/c1-16-6-7-17(13(18)11-3-2-8-19-11)9-10(16)12-14-4-5-15-12/h4-5,10-11H,2-3,6-9H2,1H3,(H,14,15)/t10-,11-/m1/s1. The molecule has 1 N–H and O–H groups in total. The van der Waals surface area contributed by atoms with Crippen LogP contribution in [0.1, 0.15) is 24.7 Å². The van der Waals surface area contributed by atoms with E-state index in [2.05, 4.69) is 21.9 Å². The maximum absolute atomic E-state index is 12.4. The predicted octanol–water partition coefficient (Wildman–Crippen LogP) is 0.404. The zero-order valence-electron chi connectivity index (χ0n) is 11.2. The summed E-state index contributed by atoms with van der Waals surface area (Å²) in [5, 5.41) is 0. The molecule has 6 nitrogen and oxygen atoms in total. The molecule has 6 heteroatoms. The number of carbonyl (C=O) groups excluding carboxylic acids is 1. The molecule has 0 bridgehead atoms. The van der Waals surface area contributed by atoms with Crippen LogP contribution in [0.25, 0.3) is 0 Å². The van der Waals surface area contributed by atoms with Gasteiger partial charge in [-0.05, 0) is 19.9 Å². The minimum absolute atomic E-state index is 0.141. The maximum atomic E-state index is 12.4. The van der Waals surface area contributed by atoms with E-state index in [1.54, 1.807) is 6.20 Å². The van der Waals surface area contributed by atoms with E-state index in [0.717, 1.165) is 31.8 Å². The van der Waals surface area contributed by atoms with Crippen LogP contribution in [0.2, 0.25) is 0 Å². The van der Waals surface area contributed by atoms with Gasteiger partial charge >= 0.3 is 0 Å². The van der Waals surface area contributed by atoms with Crippen molar-refractivity contribution in [2.45, 2.75) is 25.0 Å². The number of H-pyrrole nitrogens is 1. The maximum Gasteiger partial charge on any atom is 0.251 e. The molecule has 3 rings (SSSR count).